The van der Waals surface area contributed by atoms with Crippen molar-refractivity contribution in [3.05, 3.63) is 58.6 Å². The first kappa shape index (κ1) is 17.0. The highest BCUT2D eigenvalue weighted by Crippen LogP contribution is 2.15. The predicted molar refractivity (Wildman–Crippen MR) is 92.5 cm³/mol. The third-order valence-corrected chi connectivity index (χ3v) is 3.62. The van der Waals surface area contributed by atoms with Gasteiger partial charge in [-0.2, -0.15) is 0 Å². The summed E-state index contributed by atoms with van der Waals surface area (Å²) in [6.07, 6.45) is 0.618. The maximum absolute atomic E-state index is 11.8. The monoisotopic (exact) mass is 376 g/mol. The molecule has 2 amide bonds. The molecule has 0 heterocycles. The molecule has 0 aromatic heterocycles. The Labute approximate surface area is 143 Å². The van der Waals surface area contributed by atoms with Crippen LogP contribution in [0.1, 0.15) is 5.56 Å². The second kappa shape index (κ2) is 8.33. The Bertz CT molecular complexity index is 704. The highest BCUT2D eigenvalue weighted by Gasteiger charge is 2.13. The Hall–Kier alpha value is -2.34. The summed E-state index contributed by atoms with van der Waals surface area (Å²) in [7, 11) is 1.60. The molecule has 0 atom stereocenters. The molecule has 0 aliphatic rings. The lowest BCUT2D eigenvalue weighted by atomic mass is 10.1. The number of ether oxygens (including phenoxy) is 1. The number of methoxy groups -OCH3 is 1. The van der Waals surface area contributed by atoms with E-state index in [0.717, 1.165) is 15.8 Å². The molecule has 0 aliphatic carbocycles. The zero-order valence-electron chi connectivity index (χ0n) is 12.6. The molecule has 2 aromatic rings. The lowest BCUT2D eigenvalue weighted by molar-refractivity contribution is -0.136. The molecule has 0 saturated heterocycles. The standard InChI is InChI=1S/C17H17BrN2O3/c1-23-15-7-2-4-12(10-15)8-9-19-16(21)17(22)20-14-6-3-5-13(18)11-14/h2-7,10-11H,8-9H2,1H3,(H,19,21)(H,20,22). The predicted octanol–water partition coefficient (Wildman–Crippen LogP) is 2.76. The molecule has 0 unspecified atom stereocenters. The van der Waals surface area contributed by atoms with Crippen molar-refractivity contribution >= 4 is 33.4 Å². The molecule has 0 spiro atoms. The summed E-state index contributed by atoms with van der Waals surface area (Å²) in [6, 6.07) is 14.6. The number of hydrogen-bond acceptors (Lipinski definition) is 3. The van der Waals surface area contributed by atoms with E-state index in [0.29, 0.717) is 18.7 Å². The van der Waals surface area contributed by atoms with Gasteiger partial charge in [-0.25, -0.2) is 0 Å². The molecule has 0 fully saturated rings. The molecular weight excluding hydrogens is 360 g/mol. The molecule has 0 saturated carbocycles. The van der Waals surface area contributed by atoms with E-state index in [1.54, 1.807) is 25.3 Å². The lowest BCUT2D eigenvalue weighted by Crippen LogP contribution is -2.36. The number of anilines is 1. The number of carbonyl (C=O) groups is 2. The van der Waals surface area contributed by atoms with Gasteiger partial charge in [0.25, 0.3) is 0 Å². The lowest BCUT2D eigenvalue weighted by Gasteiger charge is -2.07. The molecule has 5 nitrogen and oxygen atoms in total. The van der Waals surface area contributed by atoms with E-state index in [1.165, 1.54) is 0 Å². The van der Waals surface area contributed by atoms with Crippen LogP contribution in [0.3, 0.4) is 0 Å². The topological polar surface area (TPSA) is 67.4 Å². The van der Waals surface area contributed by atoms with E-state index in [4.69, 9.17) is 4.74 Å². The largest absolute Gasteiger partial charge is 0.497 e. The minimum Gasteiger partial charge on any atom is -0.497 e. The molecule has 0 aliphatic heterocycles. The number of benzene rings is 2. The van der Waals surface area contributed by atoms with Crippen LogP contribution in [-0.2, 0) is 16.0 Å². The fourth-order valence-electron chi connectivity index (χ4n) is 1.98. The second-order valence-electron chi connectivity index (χ2n) is 4.82. The molecule has 23 heavy (non-hydrogen) atoms. The van der Waals surface area contributed by atoms with Gasteiger partial charge in [0.1, 0.15) is 5.75 Å². The van der Waals surface area contributed by atoms with Crippen molar-refractivity contribution in [1.82, 2.24) is 5.32 Å². The van der Waals surface area contributed by atoms with Crippen LogP contribution < -0.4 is 15.4 Å². The fourth-order valence-corrected chi connectivity index (χ4v) is 2.38. The maximum Gasteiger partial charge on any atom is 0.313 e. The minimum atomic E-state index is -0.686. The van der Waals surface area contributed by atoms with Crippen LogP contribution in [0.4, 0.5) is 5.69 Å². The third kappa shape index (κ3) is 5.41. The van der Waals surface area contributed by atoms with Crippen LogP contribution in [0.15, 0.2) is 53.0 Å². The smallest absolute Gasteiger partial charge is 0.313 e. The maximum atomic E-state index is 11.8. The van der Waals surface area contributed by atoms with Gasteiger partial charge >= 0.3 is 11.8 Å². The summed E-state index contributed by atoms with van der Waals surface area (Å²) in [6.45, 7) is 0.373. The van der Waals surface area contributed by atoms with E-state index in [9.17, 15) is 9.59 Å². The number of amides is 2. The summed E-state index contributed by atoms with van der Waals surface area (Å²) in [4.78, 5) is 23.6. The fraction of sp³-hybridized carbons (Fsp3) is 0.176. The number of carbonyl (C=O) groups excluding carboxylic acids is 2. The summed E-state index contributed by atoms with van der Waals surface area (Å²) in [5, 5.41) is 5.15. The number of rotatable bonds is 5. The summed E-state index contributed by atoms with van der Waals surface area (Å²) < 4.78 is 5.97. The molecule has 2 rings (SSSR count). The van der Waals surface area contributed by atoms with Crippen LogP contribution in [-0.4, -0.2) is 25.5 Å². The molecule has 2 aromatic carbocycles. The van der Waals surface area contributed by atoms with Gasteiger partial charge in [-0.3, -0.25) is 9.59 Å². The van der Waals surface area contributed by atoms with Gasteiger partial charge in [0.2, 0.25) is 0 Å². The van der Waals surface area contributed by atoms with Gasteiger partial charge in [0.05, 0.1) is 7.11 Å². The Morgan fingerprint density at radius 3 is 2.61 bits per heavy atom. The van der Waals surface area contributed by atoms with E-state index in [2.05, 4.69) is 26.6 Å². The number of halogens is 1. The average molecular weight is 377 g/mol. The number of nitrogens with one attached hydrogen (secondary N) is 2. The first-order valence-electron chi connectivity index (χ1n) is 7.06. The molecule has 2 N–H and O–H groups in total. The second-order valence-corrected chi connectivity index (χ2v) is 5.74. The molecule has 6 heteroatoms. The van der Waals surface area contributed by atoms with Crippen molar-refractivity contribution in [2.24, 2.45) is 0 Å². The van der Waals surface area contributed by atoms with Crippen molar-refractivity contribution < 1.29 is 14.3 Å². The quantitative estimate of drug-likeness (QED) is 0.788. The van der Waals surface area contributed by atoms with Crippen molar-refractivity contribution in [3.8, 4) is 5.75 Å². The van der Waals surface area contributed by atoms with Crippen LogP contribution >= 0.6 is 15.9 Å². The van der Waals surface area contributed by atoms with Gasteiger partial charge in [-0.1, -0.05) is 34.1 Å². The van der Waals surface area contributed by atoms with Crippen molar-refractivity contribution in [3.63, 3.8) is 0 Å². The third-order valence-electron chi connectivity index (χ3n) is 3.12. The summed E-state index contributed by atoms with van der Waals surface area (Å²) in [5.41, 5.74) is 1.59. The summed E-state index contributed by atoms with van der Waals surface area (Å²) >= 11 is 3.31. The molecule has 120 valence electrons. The van der Waals surface area contributed by atoms with Gasteiger partial charge < -0.3 is 15.4 Å². The minimum absolute atomic E-state index is 0.373. The Morgan fingerprint density at radius 2 is 1.87 bits per heavy atom. The Kier molecular flexibility index (Phi) is 6.17. The Morgan fingerprint density at radius 1 is 1.09 bits per heavy atom. The molecular formula is C17H17BrN2O3. The van der Waals surface area contributed by atoms with Gasteiger partial charge in [0, 0.05) is 16.7 Å². The Balaban J connectivity index is 1.81. The highest BCUT2D eigenvalue weighted by molar-refractivity contribution is 9.10. The van der Waals surface area contributed by atoms with E-state index < -0.39 is 11.8 Å². The summed E-state index contributed by atoms with van der Waals surface area (Å²) in [5.74, 6) is -0.581. The number of hydrogen-bond donors (Lipinski definition) is 2. The van der Waals surface area contributed by atoms with E-state index in [1.807, 2.05) is 30.3 Å². The van der Waals surface area contributed by atoms with Gasteiger partial charge in [0.15, 0.2) is 0 Å². The molecule has 0 radical (unpaired) electrons. The first-order valence-corrected chi connectivity index (χ1v) is 7.85. The van der Waals surface area contributed by atoms with Crippen LogP contribution in [0.25, 0.3) is 0 Å². The van der Waals surface area contributed by atoms with E-state index in [-0.39, 0.29) is 0 Å². The first-order chi connectivity index (χ1) is 11.1. The normalized spacial score (nSPS) is 10.0. The van der Waals surface area contributed by atoms with Crippen molar-refractivity contribution in [2.45, 2.75) is 6.42 Å². The van der Waals surface area contributed by atoms with Crippen LogP contribution in [0.2, 0.25) is 0 Å². The zero-order valence-corrected chi connectivity index (χ0v) is 14.2. The van der Waals surface area contributed by atoms with Crippen LogP contribution in [0, 0.1) is 0 Å². The SMILES string of the molecule is COc1cccc(CCNC(=O)C(=O)Nc2cccc(Br)c2)c1. The van der Waals surface area contributed by atoms with Crippen LogP contribution in [0.5, 0.6) is 5.75 Å². The van der Waals surface area contributed by atoms with Gasteiger partial charge in [-0.05, 0) is 42.3 Å². The average Bonchev–Trinajstić information content (AvgIpc) is 2.55. The molecule has 0 bridgehead atoms. The van der Waals surface area contributed by atoms with Crippen molar-refractivity contribution in [1.29, 1.82) is 0 Å². The van der Waals surface area contributed by atoms with Crippen molar-refractivity contribution in [2.75, 3.05) is 19.0 Å². The van der Waals surface area contributed by atoms with Gasteiger partial charge in [-0.15, -0.1) is 0 Å². The van der Waals surface area contributed by atoms with E-state index >= 15 is 0 Å². The highest BCUT2D eigenvalue weighted by atomic mass is 79.9. The zero-order chi connectivity index (χ0) is 16.7.